The Morgan fingerprint density at radius 3 is 2.48 bits per heavy atom. The first-order valence-electron chi connectivity index (χ1n) is 7.45. The molecule has 0 aliphatic carbocycles. The first kappa shape index (κ1) is 19.6. The third-order valence-electron chi connectivity index (χ3n) is 3.16. The summed E-state index contributed by atoms with van der Waals surface area (Å²) in [6.07, 6.45) is 1.33. The number of hydrogen-bond acceptors (Lipinski definition) is 5. The Hall–Kier alpha value is -1.77. The molecule has 2 aromatic rings. The lowest BCUT2D eigenvalue weighted by Gasteiger charge is -2.25. The summed E-state index contributed by atoms with van der Waals surface area (Å²) in [7, 11) is 3.28. The van der Waals surface area contributed by atoms with Crippen LogP contribution in [0.4, 0.5) is 5.69 Å². The van der Waals surface area contributed by atoms with Crippen molar-refractivity contribution in [3.8, 4) is 5.75 Å². The minimum absolute atomic E-state index is 0.00946. The van der Waals surface area contributed by atoms with Crippen LogP contribution in [0.2, 0.25) is 5.02 Å². The van der Waals surface area contributed by atoms with Gasteiger partial charge in [0.05, 0.1) is 21.7 Å². The second-order valence-corrected chi connectivity index (χ2v) is 7.77. The van der Waals surface area contributed by atoms with Crippen LogP contribution in [0.3, 0.4) is 0 Å². The van der Waals surface area contributed by atoms with E-state index in [1.165, 1.54) is 31.5 Å². The van der Waals surface area contributed by atoms with Crippen molar-refractivity contribution in [2.24, 2.45) is 0 Å². The molecule has 0 aliphatic rings. The van der Waals surface area contributed by atoms with Gasteiger partial charge in [-0.05, 0) is 44.2 Å². The number of pyridine rings is 1. The van der Waals surface area contributed by atoms with Gasteiger partial charge in [-0.3, -0.25) is 4.98 Å². The van der Waals surface area contributed by atoms with Crippen LogP contribution in [-0.2, 0) is 14.8 Å². The lowest BCUT2D eigenvalue weighted by molar-refractivity contribution is 0.210. The fourth-order valence-corrected chi connectivity index (χ4v) is 3.65. The van der Waals surface area contributed by atoms with E-state index in [0.29, 0.717) is 5.75 Å². The number of halogens is 1. The number of ether oxygens (including phenoxy) is 2. The highest BCUT2D eigenvalue weighted by atomic mass is 35.5. The Labute approximate surface area is 154 Å². The number of anilines is 1. The van der Waals surface area contributed by atoms with E-state index in [4.69, 9.17) is 28.9 Å². The number of hydrogen-bond donors (Lipinski definition) is 0. The number of methoxy groups -OCH3 is 1. The van der Waals surface area contributed by atoms with Crippen LogP contribution < -0.4 is 14.6 Å². The predicted octanol–water partition coefficient (Wildman–Crippen LogP) is 2.12. The molecule has 6 nitrogen and oxygen atoms in total. The summed E-state index contributed by atoms with van der Waals surface area (Å²) in [5, 5.41) is 0.265. The van der Waals surface area contributed by atoms with Crippen LogP contribution in [0.25, 0.3) is 0 Å². The molecule has 1 aromatic carbocycles. The maximum Gasteiger partial charge on any atom is 0.266 e. The molecule has 0 saturated carbocycles. The number of sulfonamides is 1. The number of nitrogens with zero attached hydrogens (tertiary/aromatic N) is 2. The van der Waals surface area contributed by atoms with Crippen LogP contribution in [0, 0.1) is 0 Å². The summed E-state index contributed by atoms with van der Waals surface area (Å²) < 4.78 is 37.6. The Morgan fingerprint density at radius 1 is 1.28 bits per heavy atom. The predicted molar refractivity (Wildman–Crippen MR) is 98.4 cm³/mol. The van der Waals surface area contributed by atoms with Gasteiger partial charge in [-0.1, -0.05) is 11.6 Å². The molecule has 0 saturated heterocycles. The van der Waals surface area contributed by atoms with Gasteiger partial charge in [0.25, 0.3) is 10.0 Å². The van der Waals surface area contributed by atoms with Gasteiger partial charge in [-0.15, -0.1) is 0 Å². The minimum atomic E-state index is -3.93. The van der Waals surface area contributed by atoms with Gasteiger partial charge in [0.2, 0.25) is 0 Å². The van der Waals surface area contributed by atoms with Crippen LogP contribution in [0.1, 0.15) is 13.8 Å². The standard InChI is InChI=1S/C16H18BClN2O4S/c1-11(2)24-13-4-6-14(7-5-13)25(21,22)20(10-23-3)15-8-12(18)9-19-16(15)17/h4-9,11H,10H2,1-3H3. The highest BCUT2D eigenvalue weighted by Crippen LogP contribution is 2.25. The third kappa shape index (κ3) is 4.65. The first-order chi connectivity index (χ1) is 11.8. The Morgan fingerprint density at radius 2 is 1.92 bits per heavy atom. The second-order valence-electron chi connectivity index (χ2n) is 5.47. The highest BCUT2D eigenvalue weighted by molar-refractivity contribution is 7.92. The zero-order valence-corrected chi connectivity index (χ0v) is 15.7. The molecule has 0 amide bonds. The maximum atomic E-state index is 13.0. The van der Waals surface area contributed by atoms with Crippen LogP contribution >= 0.6 is 11.6 Å². The van der Waals surface area contributed by atoms with Gasteiger partial charge < -0.3 is 9.47 Å². The summed E-state index contributed by atoms with van der Waals surface area (Å²) in [5.41, 5.74) is 0.182. The molecule has 0 N–H and O–H groups in total. The zero-order chi connectivity index (χ0) is 18.6. The van der Waals surface area contributed by atoms with Crippen molar-refractivity contribution < 1.29 is 17.9 Å². The van der Waals surface area contributed by atoms with Gasteiger partial charge in [-0.25, -0.2) is 12.7 Å². The molecule has 1 heterocycles. The van der Waals surface area contributed by atoms with Crippen LogP contribution in [0.15, 0.2) is 41.4 Å². The normalized spacial score (nSPS) is 11.6. The molecule has 1 aromatic heterocycles. The largest absolute Gasteiger partial charge is 0.491 e. The van der Waals surface area contributed by atoms with Gasteiger partial charge >= 0.3 is 0 Å². The monoisotopic (exact) mass is 380 g/mol. The lowest BCUT2D eigenvalue weighted by Crippen LogP contribution is -2.36. The van der Waals surface area contributed by atoms with Crippen molar-refractivity contribution >= 4 is 40.8 Å². The molecule has 9 heteroatoms. The van der Waals surface area contributed by atoms with E-state index in [2.05, 4.69) is 4.98 Å². The molecule has 0 unspecified atom stereocenters. The highest BCUT2D eigenvalue weighted by Gasteiger charge is 2.26. The van der Waals surface area contributed by atoms with Crippen molar-refractivity contribution in [3.63, 3.8) is 0 Å². The third-order valence-corrected chi connectivity index (χ3v) is 5.12. The SMILES string of the molecule is [B]c1ncc(Cl)cc1N(COC)S(=O)(=O)c1ccc(OC(C)C)cc1. The van der Waals surface area contributed by atoms with E-state index >= 15 is 0 Å². The van der Waals surface area contributed by atoms with Gasteiger partial charge in [0.15, 0.2) is 0 Å². The topological polar surface area (TPSA) is 68.7 Å². The van der Waals surface area contributed by atoms with E-state index in [1.807, 2.05) is 13.8 Å². The molecule has 132 valence electrons. The minimum Gasteiger partial charge on any atom is -0.491 e. The van der Waals surface area contributed by atoms with Crippen LogP contribution in [0.5, 0.6) is 5.75 Å². The smallest absolute Gasteiger partial charge is 0.266 e. The summed E-state index contributed by atoms with van der Waals surface area (Å²) >= 11 is 5.93. The molecule has 2 rings (SSSR count). The molecule has 0 fully saturated rings. The molecule has 0 atom stereocenters. The van der Waals surface area contributed by atoms with Crippen molar-refractivity contribution in [2.45, 2.75) is 24.8 Å². The van der Waals surface area contributed by atoms with Crippen LogP contribution in [-0.4, -0.2) is 41.2 Å². The number of aromatic nitrogens is 1. The molecule has 0 spiro atoms. The molecular weight excluding hydrogens is 363 g/mol. The number of benzene rings is 1. The molecule has 0 aliphatic heterocycles. The van der Waals surface area contributed by atoms with E-state index in [1.54, 1.807) is 12.1 Å². The Bertz CT molecular complexity index is 829. The van der Waals surface area contributed by atoms with E-state index in [-0.39, 0.29) is 34.0 Å². The summed E-state index contributed by atoms with van der Waals surface area (Å²) in [5.74, 6) is 0.580. The maximum absolute atomic E-state index is 13.0. The fourth-order valence-electron chi connectivity index (χ4n) is 2.11. The summed E-state index contributed by atoms with van der Waals surface area (Å²) in [4.78, 5) is 3.97. The average molecular weight is 381 g/mol. The zero-order valence-electron chi connectivity index (χ0n) is 14.1. The van der Waals surface area contributed by atoms with Crippen molar-refractivity contribution in [1.82, 2.24) is 4.98 Å². The van der Waals surface area contributed by atoms with Gasteiger partial charge in [-0.2, -0.15) is 0 Å². The van der Waals surface area contributed by atoms with Gasteiger partial charge in [0.1, 0.15) is 20.3 Å². The summed E-state index contributed by atoms with van der Waals surface area (Å²) in [6, 6.07) is 7.54. The second kappa shape index (κ2) is 8.08. The Kier molecular flexibility index (Phi) is 6.32. The van der Waals surface area contributed by atoms with E-state index < -0.39 is 10.0 Å². The molecule has 0 bridgehead atoms. The van der Waals surface area contributed by atoms with Crippen molar-refractivity contribution in [3.05, 3.63) is 41.6 Å². The fraction of sp³-hybridized carbons (Fsp3) is 0.312. The van der Waals surface area contributed by atoms with E-state index in [0.717, 1.165) is 4.31 Å². The lowest BCUT2D eigenvalue weighted by atomic mass is 10.0. The quantitative estimate of drug-likeness (QED) is 0.543. The molecule has 25 heavy (non-hydrogen) atoms. The molecular formula is C16H18BClN2O4S. The number of rotatable bonds is 7. The Balaban J connectivity index is 2.44. The molecule has 2 radical (unpaired) electrons. The first-order valence-corrected chi connectivity index (χ1v) is 9.27. The van der Waals surface area contributed by atoms with Crippen molar-refractivity contribution in [1.29, 1.82) is 0 Å². The van der Waals surface area contributed by atoms with E-state index in [9.17, 15) is 8.42 Å². The van der Waals surface area contributed by atoms with Gasteiger partial charge in [0, 0.05) is 18.9 Å². The van der Waals surface area contributed by atoms with Crippen molar-refractivity contribution in [2.75, 3.05) is 18.1 Å². The summed E-state index contributed by atoms with van der Waals surface area (Å²) in [6.45, 7) is 3.54. The average Bonchev–Trinajstić information content (AvgIpc) is 2.55.